The molecule has 2 aliphatic heterocycles. The molecular weight excluding hydrogens is 325 g/mol. The number of nitrogens with zero attached hydrogens (tertiary/aromatic N) is 1. The molecule has 0 amide bonds. The molecule has 1 saturated carbocycles. The first-order valence-corrected chi connectivity index (χ1v) is 10.0. The zero-order valence-corrected chi connectivity index (χ0v) is 16.9. The number of likely N-dealkylation sites (tertiary alicyclic amines) is 1. The summed E-state index contributed by atoms with van der Waals surface area (Å²) in [7, 11) is 1.33. The minimum absolute atomic E-state index is 0.342. The maximum atomic E-state index is 6.26. The number of methoxy groups -OCH3 is 1. The second kappa shape index (κ2) is 6.54. The molecule has 1 aromatic rings. The number of fused-ring (bicyclic) bond motifs is 1. The Hall–Kier alpha value is -1.04. The third-order valence-corrected chi connectivity index (χ3v) is 7.01. The van der Waals surface area contributed by atoms with E-state index >= 15 is 0 Å². The molecule has 0 aromatic heterocycles. The molecule has 0 spiro atoms. The second-order valence-corrected chi connectivity index (χ2v) is 9.31. The maximum Gasteiger partial charge on any atom is 0.498 e. The van der Waals surface area contributed by atoms with Crippen LogP contribution in [0, 0.1) is 11.8 Å². The maximum absolute atomic E-state index is 6.26. The Bertz CT molecular complexity index is 647. The Morgan fingerprint density at radius 2 is 1.69 bits per heavy atom. The van der Waals surface area contributed by atoms with Crippen LogP contribution in [0.3, 0.4) is 0 Å². The van der Waals surface area contributed by atoms with Gasteiger partial charge in [0.15, 0.2) is 0 Å². The van der Waals surface area contributed by atoms with Gasteiger partial charge in [0.05, 0.1) is 18.3 Å². The van der Waals surface area contributed by atoms with E-state index in [1.807, 2.05) is 0 Å². The van der Waals surface area contributed by atoms with Gasteiger partial charge in [-0.1, -0.05) is 18.6 Å². The Balaban J connectivity index is 1.53. The van der Waals surface area contributed by atoms with Crippen molar-refractivity contribution in [2.75, 3.05) is 20.2 Å². The van der Waals surface area contributed by atoms with Crippen molar-refractivity contribution in [2.24, 2.45) is 11.8 Å². The average molecular weight is 357 g/mol. The highest BCUT2D eigenvalue weighted by molar-refractivity contribution is 6.63. The van der Waals surface area contributed by atoms with Crippen LogP contribution in [0.4, 0.5) is 0 Å². The fraction of sp³-hybridized carbons (Fsp3) is 0.714. The normalized spacial score (nSPS) is 30.0. The lowest BCUT2D eigenvalue weighted by Crippen LogP contribution is -2.41. The van der Waals surface area contributed by atoms with E-state index in [0.29, 0.717) is 0 Å². The van der Waals surface area contributed by atoms with Gasteiger partial charge in [0.2, 0.25) is 0 Å². The van der Waals surface area contributed by atoms with Crippen LogP contribution in [0.15, 0.2) is 18.2 Å². The summed E-state index contributed by atoms with van der Waals surface area (Å²) in [5.41, 5.74) is 1.63. The van der Waals surface area contributed by atoms with E-state index in [1.165, 1.54) is 37.9 Å². The van der Waals surface area contributed by atoms with E-state index in [9.17, 15) is 0 Å². The summed E-state index contributed by atoms with van der Waals surface area (Å²) < 4.78 is 18.1. The number of hydrogen-bond acceptors (Lipinski definition) is 4. The molecule has 1 aromatic carbocycles. The third kappa shape index (κ3) is 3.19. The van der Waals surface area contributed by atoms with Crippen LogP contribution >= 0.6 is 0 Å². The van der Waals surface area contributed by atoms with Crippen LogP contribution in [-0.2, 0) is 15.9 Å². The molecule has 3 fully saturated rings. The number of benzene rings is 1. The third-order valence-electron chi connectivity index (χ3n) is 7.01. The van der Waals surface area contributed by atoms with Gasteiger partial charge >= 0.3 is 7.12 Å². The van der Waals surface area contributed by atoms with Crippen molar-refractivity contribution < 1.29 is 14.0 Å². The molecule has 0 bridgehead atoms. The number of hydrogen-bond donors (Lipinski definition) is 0. The van der Waals surface area contributed by atoms with E-state index in [-0.39, 0.29) is 18.3 Å². The molecule has 26 heavy (non-hydrogen) atoms. The summed E-state index contributed by atoms with van der Waals surface area (Å²) >= 11 is 0. The second-order valence-electron chi connectivity index (χ2n) is 9.31. The SMILES string of the molecule is COc1ccc(CN2CC3CCCC3C2)cc1B1OC(C)(C)C(C)(C)O1. The van der Waals surface area contributed by atoms with Crippen molar-refractivity contribution in [2.45, 2.75) is 64.7 Å². The zero-order valence-electron chi connectivity index (χ0n) is 16.9. The van der Waals surface area contributed by atoms with Crippen molar-refractivity contribution in [1.82, 2.24) is 4.90 Å². The highest BCUT2D eigenvalue weighted by Crippen LogP contribution is 2.39. The number of rotatable bonds is 4. The fourth-order valence-corrected chi connectivity index (χ4v) is 4.76. The molecule has 3 aliphatic rings. The van der Waals surface area contributed by atoms with Crippen molar-refractivity contribution in [3.8, 4) is 5.75 Å². The van der Waals surface area contributed by atoms with Gasteiger partial charge in [-0.3, -0.25) is 4.90 Å². The van der Waals surface area contributed by atoms with Gasteiger partial charge in [-0.15, -0.1) is 0 Å². The summed E-state index contributed by atoms with van der Waals surface area (Å²) in [5.74, 6) is 2.69. The largest absolute Gasteiger partial charge is 0.498 e. The summed E-state index contributed by atoms with van der Waals surface area (Å²) in [5, 5.41) is 0. The first-order valence-electron chi connectivity index (χ1n) is 10.0. The highest BCUT2D eigenvalue weighted by atomic mass is 16.7. The Labute approximate surface area is 158 Å². The number of ether oxygens (including phenoxy) is 1. The van der Waals surface area contributed by atoms with Crippen molar-refractivity contribution in [1.29, 1.82) is 0 Å². The zero-order chi connectivity index (χ0) is 18.5. The first kappa shape index (κ1) is 18.3. The molecule has 1 aliphatic carbocycles. The summed E-state index contributed by atoms with van der Waals surface area (Å²) in [4.78, 5) is 2.62. The highest BCUT2D eigenvalue weighted by Gasteiger charge is 2.52. The van der Waals surface area contributed by atoms with Crippen LogP contribution in [-0.4, -0.2) is 43.4 Å². The fourth-order valence-electron chi connectivity index (χ4n) is 4.76. The Morgan fingerprint density at radius 3 is 2.27 bits per heavy atom. The molecule has 5 heteroatoms. The summed E-state index contributed by atoms with van der Waals surface area (Å²) in [6.45, 7) is 11.9. The minimum atomic E-state index is -0.382. The van der Waals surface area contributed by atoms with Gasteiger partial charge in [-0.05, 0) is 64.0 Å². The molecular formula is C21H32BNO3. The van der Waals surface area contributed by atoms with Gasteiger partial charge in [-0.25, -0.2) is 0 Å². The monoisotopic (exact) mass is 357 g/mol. The molecule has 0 N–H and O–H groups in total. The average Bonchev–Trinajstić information content (AvgIpc) is 3.20. The molecule has 4 rings (SSSR count). The van der Waals surface area contributed by atoms with E-state index < -0.39 is 0 Å². The molecule has 142 valence electrons. The van der Waals surface area contributed by atoms with Crippen LogP contribution in [0.5, 0.6) is 5.75 Å². The molecule has 2 unspecified atom stereocenters. The lowest BCUT2D eigenvalue weighted by molar-refractivity contribution is 0.00578. The van der Waals surface area contributed by atoms with Crippen molar-refractivity contribution in [3.05, 3.63) is 23.8 Å². The molecule has 0 radical (unpaired) electrons. The molecule has 2 atom stereocenters. The topological polar surface area (TPSA) is 30.9 Å². The van der Waals surface area contributed by atoms with Gasteiger partial charge in [0.25, 0.3) is 0 Å². The van der Waals surface area contributed by atoms with E-state index in [2.05, 4.69) is 50.8 Å². The lowest BCUT2D eigenvalue weighted by atomic mass is 9.77. The smallest absolute Gasteiger partial charge is 0.497 e. The van der Waals surface area contributed by atoms with Crippen molar-refractivity contribution >= 4 is 12.6 Å². The van der Waals surface area contributed by atoms with E-state index in [4.69, 9.17) is 14.0 Å². The quantitative estimate of drug-likeness (QED) is 0.775. The lowest BCUT2D eigenvalue weighted by Gasteiger charge is -2.32. The summed E-state index contributed by atoms with van der Waals surface area (Å²) in [6.07, 6.45) is 4.27. The van der Waals surface area contributed by atoms with Crippen molar-refractivity contribution in [3.63, 3.8) is 0 Å². The van der Waals surface area contributed by atoms with Crippen LogP contribution in [0.2, 0.25) is 0 Å². The van der Waals surface area contributed by atoms with Crippen LogP contribution in [0.25, 0.3) is 0 Å². The Morgan fingerprint density at radius 1 is 1.08 bits per heavy atom. The van der Waals surface area contributed by atoms with E-state index in [1.54, 1.807) is 7.11 Å². The summed E-state index contributed by atoms with van der Waals surface area (Å²) in [6, 6.07) is 6.46. The van der Waals surface area contributed by atoms with Gasteiger partial charge < -0.3 is 14.0 Å². The van der Waals surface area contributed by atoms with E-state index in [0.717, 1.165) is 29.6 Å². The molecule has 2 heterocycles. The van der Waals surface area contributed by atoms with Gasteiger partial charge in [0, 0.05) is 25.1 Å². The van der Waals surface area contributed by atoms with Gasteiger partial charge in [0.1, 0.15) is 5.75 Å². The predicted molar refractivity (Wildman–Crippen MR) is 105 cm³/mol. The standard InChI is InChI=1S/C21H32BNO3/c1-20(2)21(3,4)26-22(25-20)18-11-15(9-10-19(18)24-5)12-23-13-16-7-6-8-17(16)14-23/h9-11,16-17H,6-8,12-14H2,1-5H3. The van der Waals surface area contributed by atoms with Crippen LogP contribution in [0.1, 0.15) is 52.5 Å². The first-order chi connectivity index (χ1) is 12.3. The van der Waals surface area contributed by atoms with Gasteiger partial charge in [-0.2, -0.15) is 0 Å². The minimum Gasteiger partial charge on any atom is -0.497 e. The Kier molecular flexibility index (Phi) is 4.61. The van der Waals surface area contributed by atoms with Crippen LogP contribution < -0.4 is 10.2 Å². The molecule has 4 nitrogen and oxygen atoms in total. The molecule has 2 saturated heterocycles. The predicted octanol–water partition coefficient (Wildman–Crippen LogP) is 3.23.